The molecular weight excluding hydrogens is 265 g/mol. The molecule has 0 saturated carbocycles. The van der Waals surface area contributed by atoms with Gasteiger partial charge in [0.1, 0.15) is 0 Å². The lowest BCUT2D eigenvalue weighted by Gasteiger charge is -2.07. The van der Waals surface area contributed by atoms with Crippen molar-refractivity contribution in [2.45, 2.75) is 6.92 Å². The predicted molar refractivity (Wildman–Crippen MR) is 70.0 cm³/mol. The molecule has 6 nitrogen and oxygen atoms in total. The zero-order valence-electron chi connectivity index (χ0n) is 10.5. The van der Waals surface area contributed by atoms with Gasteiger partial charge in [0.2, 0.25) is 5.82 Å². The maximum absolute atomic E-state index is 13.4. The van der Waals surface area contributed by atoms with Crippen molar-refractivity contribution in [1.82, 2.24) is 4.98 Å². The first-order valence-electron chi connectivity index (χ1n) is 5.65. The van der Waals surface area contributed by atoms with Crippen LogP contribution in [0.1, 0.15) is 15.9 Å². The molecule has 20 heavy (non-hydrogen) atoms. The van der Waals surface area contributed by atoms with Gasteiger partial charge in [-0.05, 0) is 30.7 Å². The number of rotatable bonds is 3. The highest BCUT2D eigenvalue weighted by Crippen LogP contribution is 2.19. The molecule has 1 aromatic carbocycles. The Morgan fingerprint density at radius 1 is 1.40 bits per heavy atom. The van der Waals surface area contributed by atoms with Gasteiger partial charge >= 0.3 is 5.69 Å². The molecule has 2 rings (SSSR count). The molecule has 0 unspecified atom stereocenters. The normalized spacial score (nSPS) is 10.1. The van der Waals surface area contributed by atoms with E-state index in [-0.39, 0.29) is 5.56 Å². The van der Waals surface area contributed by atoms with E-state index >= 15 is 0 Å². The number of aryl methyl sites for hydroxylation is 1. The molecule has 0 saturated heterocycles. The molecule has 1 aromatic heterocycles. The number of nitro benzene ring substituents is 1. The molecule has 0 aliphatic heterocycles. The van der Waals surface area contributed by atoms with Crippen LogP contribution in [-0.4, -0.2) is 15.8 Å². The van der Waals surface area contributed by atoms with Crippen molar-refractivity contribution in [2.24, 2.45) is 0 Å². The minimum absolute atomic E-state index is 0.00338. The van der Waals surface area contributed by atoms with Gasteiger partial charge in [-0.25, -0.2) is 0 Å². The van der Waals surface area contributed by atoms with Crippen molar-refractivity contribution in [2.75, 3.05) is 5.32 Å². The van der Waals surface area contributed by atoms with Crippen LogP contribution in [-0.2, 0) is 0 Å². The fourth-order valence-electron chi connectivity index (χ4n) is 1.59. The predicted octanol–water partition coefficient (Wildman–Crippen LogP) is 2.69. The van der Waals surface area contributed by atoms with Gasteiger partial charge in [0.15, 0.2) is 0 Å². The first-order valence-corrected chi connectivity index (χ1v) is 5.65. The van der Waals surface area contributed by atoms with Crippen molar-refractivity contribution < 1.29 is 14.1 Å². The number of amides is 1. The number of anilines is 1. The molecule has 2 aromatic rings. The Morgan fingerprint density at radius 2 is 2.15 bits per heavy atom. The lowest BCUT2D eigenvalue weighted by molar-refractivity contribution is -0.387. The van der Waals surface area contributed by atoms with E-state index in [1.165, 1.54) is 12.3 Å². The van der Waals surface area contributed by atoms with E-state index in [1.54, 1.807) is 19.2 Å². The quantitative estimate of drug-likeness (QED) is 0.689. The Morgan fingerprint density at radius 3 is 2.75 bits per heavy atom. The van der Waals surface area contributed by atoms with E-state index in [2.05, 4.69) is 10.3 Å². The van der Waals surface area contributed by atoms with E-state index < -0.39 is 22.3 Å². The lowest BCUT2D eigenvalue weighted by Crippen LogP contribution is -2.13. The molecule has 0 aliphatic rings. The third-order valence-corrected chi connectivity index (χ3v) is 2.69. The standard InChI is InChI=1S/C13H10FN3O3/c1-8-4-5-15-7-11(8)16-13(18)9-2-3-12(17(19)20)10(14)6-9/h2-7H,1H3,(H,16,18). The Balaban J connectivity index is 2.24. The molecule has 1 amide bonds. The van der Waals surface area contributed by atoms with Gasteiger partial charge in [0, 0.05) is 17.8 Å². The van der Waals surface area contributed by atoms with Crippen molar-refractivity contribution in [3.63, 3.8) is 0 Å². The minimum atomic E-state index is -1.05. The molecule has 0 atom stereocenters. The van der Waals surface area contributed by atoms with Crippen molar-refractivity contribution >= 4 is 17.3 Å². The number of carbonyl (C=O) groups is 1. The fraction of sp³-hybridized carbons (Fsp3) is 0.0769. The summed E-state index contributed by atoms with van der Waals surface area (Å²) in [5.41, 5.74) is 0.627. The fourth-order valence-corrected chi connectivity index (χ4v) is 1.59. The molecule has 1 heterocycles. The van der Waals surface area contributed by atoms with Crippen LogP contribution in [0.25, 0.3) is 0 Å². The monoisotopic (exact) mass is 275 g/mol. The highest BCUT2D eigenvalue weighted by atomic mass is 19.1. The topological polar surface area (TPSA) is 85.1 Å². The highest BCUT2D eigenvalue weighted by Gasteiger charge is 2.17. The average molecular weight is 275 g/mol. The Labute approximate surface area is 113 Å². The Kier molecular flexibility index (Phi) is 3.69. The van der Waals surface area contributed by atoms with E-state index in [0.29, 0.717) is 5.69 Å². The van der Waals surface area contributed by atoms with Crippen LogP contribution in [0.3, 0.4) is 0 Å². The van der Waals surface area contributed by atoms with Crippen LogP contribution in [0.15, 0.2) is 36.7 Å². The summed E-state index contributed by atoms with van der Waals surface area (Å²) in [4.78, 5) is 25.4. The van der Waals surface area contributed by atoms with Gasteiger partial charge in [-0.2, -0.15) is 4.39 Å². The van der Waals surface area contributed by atoms with Crippen LogP contribution >= 0.6 is 0 Å². The van der Waals surface area contributed by atoms with Gasteiger partial charge in [-0.1, -0.05) is 0 Å². The van der Waals surface area contributed by atoms with Crippen LogP contribution in [0, 0.1) is 22.9 Å². The minimum Gasteiger partial charge on any atom is -0.320 e. The summed E-state index contributed by atoms with van der Waals surface area (Å²) in [5.74, 6) is -1.61. The number of nitro groups is 1. The third-order valence-electron chi connectivity index (χ3n) is 2.69. The van der Waals surface area contributed by atoms with Gasteiger partial charge in [-0.15, -0.1) is 0 Å². The SMILES string of the molecule is Cc1ccncc1NC(=O)c1ccc([N+](=O)[O-])c(F)c1. The lowest BCUT2D eigenvalue weighted by atomic mass is 10.1. The van der Waals surface area contributed by atoms with Crippen molar-refractivity contribution in [1.29, 1.82) is 0 Å². The molecular formula is C13H10FN3O3. The Hall–Kier alpha value is -2.83. The number of hydrogen-bond acceptors (Lipinski definition) is 4. The van der Waals surface area contributed by atoms with Crippen LogP contribution < -0.4 is 5.32 Å². The zero-order chi connectivity index (χ0) is 14.7. The molecule has 0 spiro atoms. The number of carbonyl (C=O) groups excluding carboxylic acids is 1. The number of hydrogen-bond donors (Lipinski definition) is 1. The molecule has 7 heteroatoms. The van der Waals surface area contributed by atoms with E-state index in [1.807, 2.05) is 0 Å². The van der Waals surface area contributed by atoms with Crippen LogP contribution in [0.2, 0.25) is 0 Å². The largest absolute Gasteiger partial charge is 0.320 e. The summed E-state index contributed by atoms with van der Waals surface area (Å²) >= 11 is 0. The average Bonchev–Trinajstić information content (AvgIpc) is 2.40. The van der Waals surface area contributed by atoms with Crippen molar-refractivity contribution in [3.8, 4) is 0 Å². The number of nitrogens with zero attached hydrogens (tertiary/aromatic N) is 2. The smallest absolute Gasteiger partial charge is 0.304 e. The third kappa shape index (κ3) is 2.77. The van der Waals surface area contributed by atoms with Gasteiger partial charge in [-0.3, -0.25) is 19.9 Å². The number of benzene rings is 1. The van der Waals surface area contributed by atoms with E-state index in [0.717, 1.165) is 17.7 Å². The maximum Gasteiger partial charge on any atom is 0.304 e. The summed E-state index contributed by atoms with van der Waals surface area (Å²) in [6.07, 6.45) is 3.05. The second-order valence-electron chi connectivity index (χ2n) is 4.07. The van der Waals surface area contributed by atoms with Crippen LogP contribution in [0.4, 0.5) is 15.8 Å². The maximum atomic E-state index is 13.4. The summed E-state index contributed by atoms with van der Waals surface area (Å²) in [5, 5.41) is 13.1. The van der Waals surface area contributed by atoms with E-state index in [9.17, 15) is 19.3 Å². The zero-order valence-corrected chi connectivity index (χ0v) is 10.5. The molecule has 0 fully saturated rings. The van der Waals surface area contributed by atoms with Gasteiger partial charge in [0.05, 0.1) is 16.8 Å². The molecule has 1 N–H and O–H groups in total. The second kappa shape index (κ2) is 5.43. The first kappa shape index (κ1) is 13.6. The van der Waals surface area contributed by atoms with Crippen LogP contribution in [0.5, 0.6) is 0 Å². The highest BCUT2D eigenvalue weighted by molar-refractivity contribution is 6.04. The number of aromatic nitrogens is 1. The summed E-state index contributed by atoms with van der Waals surface area (Å²) in [7, 11) is 0. The Bertz CT molecular complexity index is 688. The van der Waals surface area contributed by atoms with E-state index in [4.69, 9.17) is 0 Å². The molecule has 0 radical (unpaired) electrons. The van der Waals surface area contributed by atoms with Gasteiger partial charge < -0.3 is 5.32 Å². The van der Waals surface area contributed by atoms with Gasteiger partial charge in [0.25, 0.3) is 5.91 Å². The number of nitrogens with one attached hydrogen (secondary N) is 1. The summed E-state index contributed by atoms with van der Waals surface area (Å²) in [6, 6.07) is 4.70. The summed E-state index contributed by atoms with van der Waals surface area (Å²) < 4.78 is 13.4. The first-order chi connectivity index (χ1) is 9.49. The molecule has 0 bridgehead atoms. The molecule has 0 aliphatic carbocycles. The molecule has 102 valence electrons. The summed E-state index contributed by atoms with van der Waals surface area (Å²) in [6.45, 7) is 1.79. The number of halogens is 1. The van der Waals surface area contributed by atoms with Crippen molar-refractivity contribution in [3.05, 3.63) is 63.7 Å². The number of pyridine rings is 1. The second-order valence-corrected chi connectivity index (χ2v) is 4.07.